The van der Waals surface area contributed by atoms with Gasteiger partial charge in [-0.05, 0) is 23.8 Å². The number of hydrogen-bond donors (Lipinski definition) is 1. The average Bonchev–Trinajstić information content (AvgIpc) is 3.01. The molecular formula is C19H17F2NO3. The number of carbonyl (C=O) groups excluding carboxylic acids is 2. The largest absolute Gasteiger partial charge is 0.488 e. The van der Waals surface area contributed by atoms with Crippen molar-refractivity contribution in [2.75, 3.05) is 6.54 Å². The molecule has 2 aromatic carbocycles. The quantitative estimate of drug-likeness (QED) is 0.819. The van der Waals surface area contributed by atoms with E-state index in [0.717, 1.165) is 29.9 Å². The van der Waals surface area contributed by atoms with Crippen LogP contribution in [-0.4, -0.2) is 24.3 Å². The SMILES string of the molecule is O=C(CCC(=O)c1ccc(F)cc1F)NCC1Cc2ccccc2O1. The molecule has 4 nitrogen and oxygen atoms in total. The number of ketones is 1. The van der Waals surface area contributed by atoms with E-state index in [0.29, 0.717) is 12.6 Å². The van der Waals surface area contributed by atoms with Crippen molar-refractivity contribution < 1.29 is 23.1 Å². The van der Waals surface area contributed by atoms with Gasteiger partial charge in [0.25, 0.3) is 0 Å². The standard InChI is InChI=1S/C19H17F2NO3/c20-13-5-6-15(16(21)10-13)17(23)7-8-19(24)22-11-14-9-12-3-1-2-4-18(12)25-14/h1-6,10,14H,7-9,11H2,(H,22,24). The van der Waals surface area contributed by atoms with Gasteiger partial charge < -0.3 is 10.1 Å². The third-order valence-corrected chi connectivity index (χ3v) is 4.05. The van der Waals surface area contributed by atoms with Crippen LogP contribution in [0.5, 0.6) is 5.75 Å². The molecule has 1 amide bonds. The zero-order valence-electron chi connectivity index (χ0n) is 13.4. The molecule has 6 heteroatoms. The molecule has 130 valence electrons. The third-order valence-electron chi connectivity index (χ3n) is 4.05. The minimum atomic E-state index is -0.914. The van der Waals surface area contributed by atoms with E-state index in [4.69, 9.17) is 4.74 Å². The summed E-state index contributed by atoms with van der Waals surface area (Å²) in [6.07, 6.45) is 0.387. The van der Waals surface area contributed by atoms with Crippen LogP contribution in [0.4, 0.5) is 8.78 Å². The average molecular weight is 345 g/mol. The van der Waals surface area contributed by atoms with Gasteiger partial charge in [-0.25, -0.2) is 8.78 Å². The number of carbonyl (C=O) groups is 2. The Kier molecular flexibility index (Phi) is 5.07. The van der Waals surface area contributed by atoms with E-state index in [9.17, 15) is 18.4 Å². The zero-order valence-corrected chi connectivity index (χ0v) is 13.4. The fourth-order valence-corrected chi connectivity index (χ4v) is 2.76. The Balaban J connectivity index is 1.43. The van der Waals surface area contributed by atoms with Crippen LogP contribution in [0.15, 0.2) is 42.5 Å². The minimum Gasteiger partial charge on any atom is -0.488 e. The first-order valence-corrected chi connectivity index (χ1v) is 8.02. The Hall–Kier alpha value is -2.76. The summed E-state index contributed by atoms with van der Waals surface area (Å²) in [5.74, 6) is -1.68. The fraction of sp³-hybridized carbons (Fsp3) is 0.263. The molecule has 0 radical (unpaired) electrons. The van der Waals surface area contributed by atoms with Crippen molar-refractivity contribution in [1.29, 1.82) is 0 Å². The van der Waals surface area contributed by atoms with Crippen LogP contribution in [-0.2, 0) is 11.2 Å². The number of Topliss-reactive ketones (excluding diaryl/α,β-unsaturated/α-hetero) is 1. The molecule has 0 spiro atoms. The molecule has 0 fully saturated rings. The van der Waals surface area contributed by atoms with Crippen LogP contribution in [0.3, 0.4) is 0 Å². The number of rotatable bonds is 6. The Bertz CT molecular complexity index is 782. The first kappa shape index (κ1) is 17.1. The molecule has 25 heavy (non-hydrogen) atoms. The first-order chi connectivity index (χ1) is 12.0. The minimum absolute atomic E-state index is 0.0602. The molecule has 1 N–H and O–H groups in total. The van der Waals surface area contributed by atoms with Crippen LogP contribution in [0.1, 0.15) is 28.8 Å². The summed E-state index contributed by atoms with van der Waals surface area (Å²) in [5.41, 5.74) is 0.896. The molecule has 1 atom stereocenters. The van der Waals surface area contributed by atoms with Crippen molar-refractivity contribution in [3.05, 3.63) is 65.2 Å². The third kappa shape index (κ3) is 4.21. The number of para-hydroxylation sites is 1. The Morgan fingerprint density at radius 2 is 1.92 bits per heavy atom. The number of nitrogens with one attached hydrogen (secondary N) is 1. The second-order valence-electron chi connectivity index (χ2n) is 5.90. The van der Waals surface area contributed by atoms with Crippen molar-refractivity contribution in [3.63, 3.8) is 0 Å². The zero-order chi connectivity index (χ0) is 17.8. The molecule has 0 aromatic heterocycles. The predicted molar refractivity (Wildman–Crippen MR) is 87.5 cm³/mol. The van der Waals surface area contributed by atoms with E-state index in [-0.39, 0.29) is 30.4 Å². The normalized spacial score (nSPS) is 15.4. The first-order valence-electron chi connectivity index (χ1n) is 8.02. The van der Waals surface area contributed by atoms with Crippen molar-refractivity contribution in [2.24, 2.45) is 0 Å². The van der Waals surface area contributed by atoms with Crippen molar-refractivity contribution in [3.8, 4) is 5.75 Å². The molecule has 2 aromatic rings. The van der Waals surface area contributed by atoms with Crippen LogP contribution in [0.2, 0.25) is 0 Å². The topological polar surface area (TPSA) is 55.4 Å². The van der Waals surface area contributed by atoms with Crippen LogP contribution >= 0.6 is 0 Å². The maximum atomic E-state index is 13.5. The summed E-state index contributed by atoms with van der Waals surface area (Å²) in [6.45, 7) is 0.340. The van der Waals surface area contributed by atoms with Gasteiger partial charge in [-0.1, -0.05) is 18.2 Å². The Labute approximate surface area is 143 Å². The van der Waals surface area contributed by atoms with Gasteiger partial charge in [0.15, 0.2) is 5.78 Å². The molecule has 3 rings (SSSR count). The summed E-state index contributed by atoms with van der Waals surface area (Å²) in [7, 11) is 0. The number of hydrogen-bond acceptors (Lipinski definition) is 3. The number of benzene rings is 2. The monoisotopic (exact) mass is 345 g/mol. The number of fused-ring (bicyclic) bond motifs is 1. The van der Waals surface area contributed by atoms with Crippen molar-refractivity contribution >= 4 is 11.7 Å². The van der Waals surface area contributed by atoms with Gasteiger partial charge in [-0.15, -0.1) is 0 Å². The maximum absolute atomic E-state index is 13.5. The van der Waals surface area contributed by atoms with Crippen LogP contribution in [0, 0.1) is 11.6 Å². The lowest BCUT2D eigenvalue weighted by Gasteiger charge is -2.11. The van der Waals surface area contributed by atoms with Gasteiger partial charge in [-0.3, -0.25) is 9.59 Å². The molecule has 1 heterocycles. The molecule has 0 bridgehead atoms. The smallest absolute Gasteiger partial charge is 0.220 e. The lowest BCUT2D eigenvalue weighted by atomic mass is 10.1. The summed E-state index contributed by atoms with van der Waals surface area (Å²) < 4.78 is 32.1. The molecule has 1 aliphatic heterocycles. The van der Waals surface area contributed by atoms with Crippen LogP contribution < -0.4 is 10.1 Å². The van der Waals surface area contributed by atoms with Crippen molar-refractivity contribution in [2.45, 2.75) is 25.4 Å². The highest BCUT2D eigenvalue weighted by atomic mass is 19.1. The summed E-state index contributed by atoms with van der Waals surface area (Å²) in [4.78, 5) is 23.8. The lowest BCUT2D eigenvalue weighted by Crippen LogP contribution is -2.34. The van der Waals surface area contributed by atoms with Gasteiger partial charge >= 0.3 is 0 Å². The number of ether oxygens (including phenoxy) is 1. The van der Waals surface area contributed by atoms with Crippen LogP contribution in [0.25, 0.3) is 0 Å². The second-order valence-corrected chi connectivity index (χ2v) is 5.90. The highest BCUT2D eigenvalue weighted by Crippen LogP contribution is 2.27. The van der Waals surface area contributed by atoms with Gasteiger partial charge in [-0.2, -0.15) is 0 Å². The Morgan fingerprint density at radius 3 is 2.68 bits per heavy atom. The van der Waals surface area contributed by atoms with E-state index in [1.165, 1.54) is 0 Å². The summed E-state index contributed by atoms with van der Waals surface area (Å²) in [5, 5.41) is 2.72. The van der Waals surface area contributed by atoms with E-state index < -0.39 is 17.4 Å². The molecule has 1 unspecified atom stereocenters. The molecule has 0 aliphatic carbocycles. The molecule has 0 saturated heterocycles. The maximum Gasteiger partial charge on any atom is 0.220 e. The van der Waals surface area contributed by atoms with Gasteiger partial charge in [0.05, 0.1) is 12.1 Å². The van der Waals surface area contributed by atoms with Crippen molar-refractivity contribution in [1.82, 2.24) is 5.32 Å². The number of amides is 1. The highest BCUT2D eigenvalue weighted by Gasteiger charge is 2.22. The van der Waals surface area contributed by atoms with Gasteiger partial charge in [0.1, 0.15) is 23.5 Å². The van der Waals surface area contributed by atoms with E-state index in [1.807, 2.05) is 24.3 Å². The predicted octanol–water partition coefficient (Wildman–Crippen LogP) is 3.05. The van der Waals surface area contributed by atoms with Gasteiger partial charge in [0, 0.05) is 25.3 Å². The van der Waals surface area contributed by atoms with Gasteiger partial charge in [0.2, 0.25) is 5.91 Å². The molecule has 0 saturated carbocycles. The number of halogens is 2. The lowest BCUT2D eigenvalue weighted by molar-refractivity contribution is -0.121. The summed E-state index contributed by atoms with van der Waals surface area (Å²) in [6, 6.07) is 10.5. The summed E-state index contributed by atoms with van der Waals surface area (Å²) >= 11 is 0. The second kappa shape index (κ2) is 7.42. The fourth-order valence-electron chi connectivity index (χ4n) is 2.76. The molecule has 1 aliphatic rings. The van der Waals surface area contributed by atoms with E-state index in [1.54, 1.807) is 0 Å². The van der Waals surface area contributed by atoms with E-state index in [2.05, 4.69) is 5.32 Å². The highest BCUT2D eigenvalue weighted by molar-refractivity contribution is 5.98. The molecular weight excluding hydrogens is 328 g/mol. The Morgan fingerprint density at radius 1 is 1.12 bits per heavy atom. The van der Waals surface area contributed by atoms with E-state index >= 15 is 0 Å².